The van der Waals surface area contributed by atoms with Gasteiger partial charge in [-0.25, -0.2) is 4.98 Å². The number of hydrogen-bond acceptors (Lipinski definition) is 6. The summed E-state index contributed by atoms with van der Waals surface area (Å²) in [5, 5.41) is 0. The lowest BCUT2D eigenvalue weighted by atomic mass is 10.0. The van der Waals surface area contributed by atoms with Crippen molar-refractivity contribution in [3.05, 3.63) is 53.5 Å². The summed E-state index contributed by atoms with van der Waals surface area (Å²) in [7, 11) is 0. The summed E-state index contributed by atoms with van der Waals surface area (Å²) in [5.41, 5.74) is 2.87. The van der Waals surface area contributed by atoms with Crippen LogP contribution in [0.4, 0.5) is 5.82 Å². The number of carbonyl (C=O) groups excluding carboxylic acids is 1. The maximum atomic E-state index is 13.8. The predicted molar refractivity (Wildman–Crippen MR) is 160 cm³/mol. The summed E-state index contributed by atoms with van der Waals surface area (Å²) in [6, 6.07) is 8.54. The number of amides is 1. The molecule has 4 heterocycles. The van der Waals surface area contributed by atoms with Crippen LogP contribution in [0, 0.1) is 5.92 Å². The van der Waals surface area contributed by atoms with Crippen LogP contribution < -0.4 is 4.90 Å². The van der Waals surface area contributed by atoms with Gasteiger partial charge in [0.1, 0.15) is 11.5 Å². The smallest absolute Gasteiger partial charge is 0.272 e. The van der Waals surface area contributed by atoms with Crippen molar-refractivity contribution >= 4 is 23.5 Å². The van der Waals surface area contributed by atoms with E-state index in [2.05, 4.69) is 58.7 Å². The highest BCUT2D eigenvalue weighted by Crippen LogP contribution is 2.23. The first-order valence-corrected chi connectivity index (χ1v) is 15.9. The molecule has 1 amide bonds. The number of carbonyl (C=O) groups is 1. The van der Waals surface area contributed by atoms with Crippen molar-refractivity contribution in [1.82, 2.24) is 19.8 Å². The molecule has 0 unspecified atom stereocenters. The van der Waals surface area contributed by atoms with Gasteiger partial charge in [0, 0.05) is 62.7 Å². The quantitative estimate of drug-likeness (QED) is 0.314. The molecule has 208 valence electrons. The van der Waals surface area contributed by atoms with Crippen molar-refractivity contribution in [2.45, 2.75) is 78.3 Å². The third kappa shape index (κ3) is 8.44. The number of piperidine rings is 1. The van der Waals surface area contributed by atoms with E-state index in [1.807, 2.05) is 30.2 Å². The van der Waals surface area contributed by atoms with E-state index >= 15 is 0 Å². The first-order valence-electron chi connectivity index (χ1n) is 14.8. The van der Waals surface area contributed by atoms with E-state index in [0.717, 1.165) is 80.8 Å². The number of anilines is 1. The number of pyridine rings is 2. The van der Waals surface area contributed by atoms with Gasteiger partial charge in [-0.15, -0.1) is 0 Å². The van der Waals surface area contributed by atoms with Gasteiger partial charge in [0.2, 0.25) is 0 Å². The fourth-order valence-electron chi connectivity index (χ4n) is 5.37. The van der Waals surface area contributed by atoms with Crippen LogP contribution in [-0.2, 0) is 13.0 Å². The summed E-state index contributed by atoms with van der Waals surface area (Å²) >= 11 is 2.01. The number of hydrogen-bond donors (Lipinski definition) is 0. The molecule has 2 aliphatic rings. The van der Waals surface area contributed by atoms with Crippen molar-refractivity contribution < 1.29 is 4.79 Å². The molecule has 0 atom stereocenters. The lowest BCUT2D eigenvalue weighted by molar-refractivity contribution is 0.0540. The molecule has 4 rings (SSSR count). The molecule has 0 bridgehead atoms. The predicted octanol–water partition coefficient (Wildman–Crippen LogP) is 5.92. The molecule has 2 aromatic heterocycles. The van der Waals surface area contributed by atoms with Crippen LogP contribution in [0.1, 0.15) is 80.9 Å². The van der Waals surface area contributed by atoms with Gasteiger partial charge in [-0.05, 0) is 67.8 Å². The average molecular weight is 538 g/mol. The average Bonchev–Trinajstić information content (AvgIpc) is 2.96. The third-order valence-electron chi connectivity index (χ3n) is 7.89. The Kier molecular flexibility index (Phi) is 11.3. The summed E-state index contributed by atoms with van der Waals surface area (Å²) in [6.45, 7) is 12.7. The highest BCUT2D eigenvalue weighted by atomic mass is 32.2. The zero-order valence-electron chi connectivity index (χ0n) is 23.8. The van der Waals surface area contributed by atoms with Crippen LogP contribution in [0.2, 0.25) is 0 Å². The van der Waals surface area contributed by atoms with E-state index < -0.39 is 0 Å². The van der Waals surface area contributed by atoms with Crippen molar-refractivity contribution in [2.75, 3.05) is 49.1 Å². The van der Waals surface area contributed by atoms with Gasteiger partial charge >= 0.3 is 0 Å². The van der Waals surface area contributed by atoms with Gasteiger partial charge < -0.3 is 14.7 Å². The molecule has 2 aromatic rings. The minimum absolute atomic E-state index is 0.0443. The molecule has 0 aromatic carbocycles. The maximum Gasteiger partial charge on any atom is 0.272 e. The van der Waals surface area contributed by atoms with Crippen LogP contribution >= 0.6 is 11.8 Å². The van der Waals surface area contributed by atoms with E-state index in [4.69, 9.17) is 4.98 Å². The topological polar surface area (TPSA) is 52.6 Å². The Morgan fingerprint density at radius 1 is 1.00 bits per heavy atom. The molecule has 38 heavy (non-hydrogen) atoms. The van der Waals surface area contributed by atoms with Crippen LogP contribution in [0.15, 0.2) is 36.7 Å². The highest BCUT2D eigenvalue weighted by Gasteiger charge is 2.29. The second kappa shape index (κ2) is 14.9. The fraction of sp³-hybridized carbons (Fsp3) is 0.645. The SMILES string of the molecule is CCCCCc1ccc(C(=O)N(Cc2ccc(N3CCSCC3)nc2)C2CCN(CCC(C)C)CC2)nc1. The Hall–Kier alpha value is -2.12. The Balaban J connectivity index is 1.45. The summed E-state index contributed by atoms with van der Waals surface area (Å²) in [6.07, 6.45) is 11.8. The lowest BCUT2D eigenvalue weighted by Crippen LogP contribution is -2.47. The van der Waals surface area contributed by atoms with Crippen LogP contribution in [0.5, 0.6) is 0 Å². The molecule has 2 saturated heterocycles. The number of aromatic nitrogens is 2. The van der Waals surface area contributed by atoms with Crippen LogP contribution in [0.25, 0.3) is 0 Å². The van der Waals surface area contributed by atoms with Gasteiger partial charge in [0.25, 0.3) is 5.91 Å². The summed E-state index contributed by atoms with van der Waals surface area (Å²) in [5.74, 6) is 4.13. The van der Waals surface area contributed by atoms with Crippen LogP contribution in [-0.4, -0.2) is 75.9 Å². The zero-order chi connectivity index (χ0) is 26.7. The Morgan fingerprint density at radius 3 is 2.37 bits per heavy atom. The molecule has 2 aliphatic heterocycles. The molecule has 2 fully saturated rings. The van der Waals surface area contributed by atoms with E-state index in [0.29, 0.717) is 12.2 Å². The number of rotatable bonds is 12. The van der Waals surface area contributed by atoms with E-state index in [-0.39, 0.29) is 11.9 Å². The highest BCUT2D eigenvalue weighted by molar-refractivity contribution is 7.99. The molecular weight excluding hydrogens is 490 g/mol. The minimum atomic E-state index is 0.0443. The molecule has 0 spiro atoms. The van der Waals surface area contributed by atoms with Crippen molar-refractivity contribution in [2.24, 2.45) is 5.92 Å². The number of nitrogens with zero attached hydrogens (tertiary/aromatic N) is 5. The molecule has 7 heteroatoms. The Bertz CT molecular complexity index is 967. The molecule has 6 nitrogen and oxygen atoms in total. The zero-order valence-corrected chi connectivity index (χ0v) is 24.6. The van der Waals surface area contributed by atoms with Gasteiger partial charge in [-0.1, -0.05) is 45.7 Å². The molecule has 0 radical (unpaired) electrons. The number of aryl methyl sites for hydroxylation is 1. The van der Waals surface area contributed by atoms with E-state index in [1.165, 1.54) is 31.2 Å². The third-order valence-corrected chi connectivity index (χ3v) is 8.83. The molecular formula is C31H47N5OS. The summed E-state index contributed by atoms with van der Waals surface area (Å²) in [4.78, 5) is 30.3. The number of unbranched alkanes of at least 4 members (excludes halogenated alkanes) is 2. The second-order valence-corrected chi connectivity index (χ2v) is 12.5. The van der Waals surface area contributed by atoms with E-state index in [1.54, 1.807) is 0 Å². The molecule has 0 N–H and O–H groups in total. The maximum absolute atomic E-state index is 13.8. The minimum Gasteiger partial charge on any atom is -0.355 e. The summed E-state index contributed by atoms with van der Waals surface area (Å²) < 4.78 is 0. The van der Waals surface area contributed by atoms with Crippen molar-refractivity contribution in [3.8, 4) is 0 Å². The Labute approximate surface area is 234 Å². The van der Waals surface area contributed by atoms with Crippen molar-refractivity contribution in [3.63, 3.8) is 0 Å². The number of likely N-dealkylation sites (tertiary alicyclic amines) is 1. The van der Waals surface area contributed by atoms with Gasteiger partial charge in [0.05, 0.1) is 0 Å². The number of thioether (sulfide) groups is 1. The van der Waals surface area contributed by atoms with Crippen LogP contribution in [0.3, 0.4) is 0 Å². The van der Waals surface area contributed by atoms with Gasteiger partial charge in [0.15, 0.2) is 0 Å². The normalized spacial score (nSPS) is 17.2. The van der Waals surface area contributed by atoms with E-state index in [9.17, 15) is 4.79 Å². The first-order chi connectivity index (χ1) is 18.5. The van der Waals surface area contributed by atoms with Crippen molar-refractivity contribution in [1.29, 1.82) is 0 Å². The van der Waals surface area contributed by atoms with Gasteiger partial charge in [-0.3, -0.25) is 9.78 Å². The lowest BCUT2D eigenvalue weighted by Gasteiger charge is -2.38. The fourth-order valence-corrected chi connectivity index (χ4v) is 6.28. The second-order valence-electron chi connectivity index (χ2n) is 11.3. The molecule has 0 saturated carbocycles. The largest absolute Gasteiger partial charge is 0.355 e. The molecule has 0 aliphatic carbocycles. The first kappa shape index (κ1) is 28.9. The Morgan fingerprint density at radius 2 is 1.74 bits per heavy atom. The standard InChI is InChI=1S/C31H47N5OS/c1-4-5-6-7-26-8-10-29(32-22-26)31(37)36(28-13-16-34(17-14-28)15-12-25(2)3)24-27-9-11-30(33-23-27)35-18-20-38-21-19-35/h8-11,22-23,25,28H,4-7,12-21,24H2,1-3H3. The van der Waals surface area contributed by atoms with Gasteiger partial charge in [-0.2, -0.15) is 11.8 Å². The monoisotopic (exact) mass is 537 g/mol.